The van der Waals surface area contributed by atoms with Crippen molar-refractivity contribution in [1.29, 1.82) is 0 Å². The van der Waals surface area contributed by atoms with Crippen LogP contribution in [0.3, 0.4) is 0 Å². The molecule has 40 heavy (non-hydrogen) atoms. The maximum atomic E-state index is 9.58. The number of aliphatic hydroxyl groups excluding tert-OH is 1. The third-order valence-corrected chi connectivity index (χ3v) is 8.50. The molecule has 3 heteroatoms. The first-order valence-corrected chi connectivity index (χ1v) is 18.6. The fourth-order valence-electron chi connectivity index (χ4n) is 5.67. The van der Waals surface area contributed by atoms with Crippen molar-refractivity contribution < 1.29 is 14.6 Å². The van der Waals surface area contributed by atoms with Crippen LogP contribution < -0.4 is 0 Å². The molecule has 1 atom stereocenters. The predicted octanol–water partition coefficient (Wildman–Crippen LogP) is 12.1. The van der Waals surface area contributed by atoms with Gasteiger partial charge in [-0.2, -0.15) is 0 Å². The van der Waals surface area contributed by atoms with Crippen LogP contribution in [0, 0.1) is 0 Å². The van der Waals surface area contributed by atoms with Crippen LogP contribution in [-0.2, 0) is 9.47 Å². The molecule has 0 aliphatic carbocycles. The first kappa shape index (κ1) is 39.9. The lowest BCUT2D eigenvalue weighted by atomic mass is 10.0. The largest absolute Gasteiger partial charge is 0.394 e. The van der Waals surface area contributed by atoms with E-state index in [0.29, 0.717) is 6.61 Å². The molecule has 0 aromatic carbocycles. The summed E-state index contributed by atoms with van der Waals surface area (Å²) in [5, 5.41) is 9.58. The van der Waals surface area contributed by atoms with E-state index in [-0.39, 0.29) is 12.7 Å². The van der Waals surface area contributed by atoms with E-state index in [0.717, 1.165) is 26.1 Å². The highest BCUT2D eigenvalue weighted by Crippen LogP contribution is 2.15. The van der Waals surface area contributed by atoms with Gasteiger partial charge in [0, 0.05) is 13.2 Å². The second-order valence-electron chi connectivity index (χ2n) is 12.6. The van der Waals surface area contributed by atoms with Crippen molar-refractivity contribution in [3.63, 3.8) is 0 Å². The van der Waals surface area contributed by atoms with Gasteiger partial charge in [-0.05, 0) is 12.8 Å². The zero-order chi connectivity index (χ0) is 29.0. The molecule has 0 saturated heterocycles. The highest BCUT2D eigenvalue weighted by Gasteiger charge is 2.07. The van der Waals surface area contributed by atoms with Crippen molar-refractivity contribution in [2.24, 2.45) is 0 Å². The second-order valence-corrected chi connectivity index (χ2v) is 12.6. The Labute approximate surface area is 253 Å². The average Bonchev–Trinajstić information content (AvgIpc) is 2.97. The third kappa shape index (κ3) is 34.1. The van der Waals surface area contributed by atoms with Crippen LogP contribution in [-0.4, -0.2) is 37.6 Å². The highest BCUT2D eigenvalue weighted by atomic mass is 16.5. The third-order valence-electron chi connectivity index (χ3n) is 8.50. The summed E-state index contributed by atoms with van der Waals surface area (Å²) >= 11 is 0. The number of hydrogen-bond donors (Lipinski definition) is 1. The van der Waals surface area contributed by atoms with Crippen molar-refractivity contribution in [2.45, 2.75) is 213 Å². The van der Waals surface area contributed by atoms with Gasteiger partial charge in [0.25, 0.3) is 0 Å². The minimum Gasteiger partial charge on any atom is -0.394 e. The van der Waals surface area contributed by atoms with Gasteiger partial charge in [0.2, 0.25) is 0 Å². The van der Waals surface area contributed by atoms with Gasteiger partial charge in [-0.25, -0.2) is 0 Å². The predicted molar refractivity (Wildman–Crippen MR) is 178 cm³/mol. The number of aliphatic hydroxyl groups is 1. The van der Waals surface area contributed by atoms with Crippen LogP contribution >= 0.6 is 0 Å². The SMILES string of the molecule is CCCCCCCCCCCCCCCCCCOC(CO)COCCCCCCCCCCCCCCCC. The smallest absolute Gasteiger partial charge is 0.104 e. The molecular formula is C37H76O3. The lowest BCUT2D eigenvalue weighted by Crippen LogP contribution is -2.24. The monoisotopic (exact) mass is 569 g/mol. The average molecular weight is 569 g/mol. The molecule has 0 spiro atoms. The topological polar surface area (TPSA) is 38.7 Å². The Balaban J connectivity index is 3.24. The van der Waals surface area contributed by atoms with Gasteiger partial charge in [0.05, 0.1) is 13.2 Å². The molecule has 0 rings (SSSR count). The van der Waals surface area contributed by atoms with Crippen molar-refractivity contribution in [3.8, 4) is 0 Å². The zero-order valence-electron chi connectivity index (χ0n) is 27.9. The van der Waals surface area contributed by atoms with Gasteiger partial charge in [0.15, 0.2) is 0 Å². The summed E-state index contributed by atoms with van der Waals surface area (Å²) in [7, 11) is 0. The Morgan fingerprint density at radius 1 is 0.375 bits per heavy atom. The standard InChI is InChI=1S/C37H76O3/c1-3-5-7-9-11-13-15-17-19-20-22-24-26-28-30-32-34-40-37(35-38)36-39-33-31-29-27-25-23-21-18-16-14-12-10-8-6-4-2/h37-38H,3-36H2,1-2H3. The molecule has 0 saturated carbocycles. The summed E-state index contributed by atoms with van der Waals surface area (Å²) in [6.07, 6.45) is 41.4. The van der Waals surface area contributed by atoms with E-state index < -0.39 is 0 Å². The summed E-state index contributed by atoms with van der Waals surface area (Å²) < 4.78 is 11.7. The molecule has 0 bridgehead atoms. The van der Waals surface area contributed by atoms with Gasteiger partial charge >= 0.3 is 0 Å². The first-order valence-electron chi connectivity index (χ1n) is 18.6. The van der Waals surface area contributed by atoms with Gasteiger partial charge in [-0.15, -0.1) is 0 Å². The molecule has 1 N–H and O–H groups in total. The zero-order valence-corrected chi connectivity index (χ0v) is 27.9. The maximum absolute atomic E-state index is 9.58. The number of hydrogen-bond acceptors (Lipinski definition) is 3. The fourth-order valence-corrected chi connectivity index (χ4v) is 5.67. The number of unbranched alkanes of at least 4 members (excludes halogenated alkanes) is 28. The fraction of sp³-hybridized carbons (Fsp3) is 1.00. The molecule has 0 aliphatic heterocycles. The molecule has 0 heterocycles. The van der Waals surface area contributed by atoms with Crippen LogP contribution in [0.4, 0.5) is 0 Å². The molecule has 1 unspecified atom stereocenters. The van der Waals surface area contributed by atoms with Crippen LogP contribution in [0.15, 0.2) is 0 Å². The first-order chi connectivity index (χ1) is 19.8. The number of ether oxygens (including phenoxy) is 2. The van der Waals surface area contributed by atoms with Crippen LogP contribution in [0.5, 0.6) is 0 Å². The van der Waals surface area contributed by atoms with E-state index in [1.54, 1.807) is 0 Å². The molecule has 0 aromatic rings. The molecule has 0 aromatic heterocycles. The summed E-state index contributed by atoms with van der Waals surface area (Å²) in [6, 6.07) is 0. The Bertz CT molecular complexity index is 428. The summed E-state index contributed by atoms with van der Waals surface area (Å²) in [6.45, 7) is 6.74. The van der Waals surface area contributed by atoms with E-state index in [1.165, 1.54) is 180 Å². The summed E-state index contributed by atoms with van der Waals surface area (Å²) in [4.78, 5) is 0. The van der Waals surface area contributed by atoms with Gasteiger partial charge in [0.1, 0.15) is 6.10 Å². The molecule has 242 valence electrons. The highest BCUT2D eigenvalue weighted by molar-refractivity contribution is 4.56. The van der Waals surface area contributed by atoms with E-state index >= 15 is 0 Å². The van der Waals surface area contributed by atoms with Gasteiger partial charge in [-0.3, -0.25) is 0 Å². The van der Waals surface area contributed by atoms with Crippen molar-refractivity contribution in [2.75, 3.05) is 26.4 Å². The molecule has 0 fully saturated rings. The number of rotatable bonds is 36. The van der Waals surface area contributed by atoms with Gasteiger partial charge < -0.3 is 14.6 Å². The Kier molecular flexibility index (Phi) is 36.8. The summed E-state index contributed by atoms with van der Waals surface area (Å²) in [5.41, 5.74) is 0. The molecule has 0 amide bonds. The minimum absolute atomic E-state index is 0.0671. The lowest BCUT2D eigenvalue weighted by molar-refractivity contribution is -0.0437. The Hall–Kier alpha value is -0.120. The van der Waals surface area contributed by atoms with E-state index in [9.17, 15) is 5.11 Å². The molecule has 3 nitrogen and oxygen atoms in total. The van der Waals surface area contributed by atoms with Crippen molar-refractivity contribution in [1.82, 2.24) is 0 Å². The van der Waals surface area contributed by atoms with Crippen molar-refractivity contribution >= 4 is 0 Å². The Morgan fingerprint density at radius 3 is 0.950 bits per heavy atom. The normalized spacial score (nSPS) is 12.4. The van der Waals surface area contributed by atoms with E-state index in [4.69, 9.17) is 9.47 Å². The molecular weight excluding hydrogens is 492 g/mol. The van der Waals surface area contributed by atoms with Crippen molar-refractivity contribution in [3.05, 3.63) is 0 Å². The van der Waals surface area contributed by atoms with Gasteiger partial charge in [-0.1, -0.05) is 194 Å². The minimum atomic E-state index is -0.150. The van der Waals surface area contributed by atoms with E-state index in [2.05, 4.69) is 13.8 Å². The Morgan fingerprint density at radius 2 is 0.650 bits per heavy atom. The van der Waals surface area contributed by atoms with E-state index in [1.807, 2.05) is 0 Å². The maximum Gasteiger partial charge on any atom is 0.104 e. The summed E-state index contributed by atoms with van der Waals surface area (Å²) in [5.74, 6) is 0. The lowest BCUT2D eigenvalue weighted by Gasteiger charge is -2.15. The molecule has 0 aliphatic rings. The second kappa shape index (κ2) is 36.9. The van der Waals surface area contributed by atoms with Crippen LogP contribution in [0.25, 0.3) is 0 Å². The van der Waals surface area contributed by atoms with Crippen LogP contribution in [0.1, 0.15) is 206 Å². The molecule has 0 radical (unpaired) electrons. The van der Waals surface area contributed by atoms with Crippen LogP contribution in [0.2, 0.25) is 0 Å². The quantitative estimate of drug-likeness (QED) is 0.0764.